The molecule has 0 atom stereocenters. The molecule has 4 heteroatoms. The molecule has 0 saturated heterocycles. The Labute approximate surface area is 107 Å². The monoisotopic (exact) mass is 246 g/mol. The summed E-state index contributed by atoms with van der Waals surface area (Å²) in [4.78, 5) is 12.0. The van der Waals surface area contributed by atoms with Crippen LogP contribution in [0.1, 0.15) is 16.8 Å². The molecule has 18 heavy (non-hydrogen) atoms. The van der Waals surface area contributed by atoms with Crippen molar-refractivity contribution < 1.29 is 9.53 Å². The fourth-order valence-corrected chi connectivity index (χ4v) is 1.95. The van der Waals surface area contributed by atoms with Crippen molar-refractivity contribution in [2.24, 2.45) is 0 Å². The smallest absolute Gasteiger partial charge is 0.255 e. The number of benzene rings is 1. The maximum atomic E-state index is 12.0. The fourth-order valence-electron chi connectivity index (χ4n) is 1.95. The lowest BCUT2D eigenvalue weighted by molar-refractivity contribution is 0.0953. The van der Waals surface area contributed by atoms with E-state index in [-0.39, 0.29) is 5.91 Å². The summed E-state index contributed by atoms with van der Waals surface area (Å²) in [5.41, 5.74) is 1.85. The number of carbonyl (C=O) groups excluding carboxylic acids is 1. The zero-order valence-corrected chi connectivity index (χ0v) is 10.5. The number of carbonyl (C=O) groups is 1. The standard InChI is InChI=1S/C14H18N2O2/c1-18-13-5-3-2-4-12(13)14(17)16-10-11-6-8-15-9-7-11/h2-6,15H,7-10H2,1H3,(H,16,17). The molecule has 1 aromatic rings. The van der Waals surface area contributed by atoms with Gasteiger partial charge in [0.15, 0.2) is 0 Å². The van der Waals surface area contributed by atoms with E-state index in [2.05, 4.69) is 16.7 Å². The molecular weight excluding hydrogens is 228 g/mol. The van der Waals surface area contributed by atoms with E-state index >= 15 is 0 Å². The highest BCUT2D eigenvalue weighted by Gasteiger charge is 2.11. The van der Waals surface area contributed by atoms with Crippen molar-refractivity contribution in [3.63, 3.8) is 0 Å². The molecule has 0 fully saturated rings. The number of para-hydroxylation sites is 1. The molecule has 0 aliphatic carbocycles. The van der Waals surface area contributed by atoms with Crippen molar-refractivity contribution >= 4 is 5.91 Å². The van der Waals surface area contributed by atoms with Gasteiger partial charge in [0.2, 0.25) is 0 Å². The molecule has 1 aliphatic rings. The van der Waals surface area contributed by atoms with Gasteiger partial charge in [-0.3, -0.25) is 4.79 Å². The van der Waals surface area contributed by atoms with E-state index in [4.69, 9.17) is 4.74 Å². The van der Waals surface area contributed by atoms with Crippen LogP contribution in [0, 0.1) is 0 Å². The van der Waals surface area contributed by atoms with Crippen molar-refractivity contribution in [2.45, 2.75) is 6.42 Å². The molecule has 1 amide bonds. The first-order chi connectivity index (χ1) is 8.81. The highest BCUT2D eigenvalue weighted by molar-refractivity contribution is 5.97. The van der Waals surface area contributed by atoms with Gasteiger partial charge in [0, 0.05) is 13.1 Å². The molecule has 0 bridgehead atoms. The minimum atomic E-state index is -0.0908. The summed E-state index contributed by atoms with van der Waals surface area (Å²) < 4.78 is 5.17. The van der Waals surface area contributed by atoms with E-state index in [0.29, 0.717) is 17.9 Å². The van der Waals surface area contributed by atoms with Gasteiger partial charge < -0.3 is 15.4 Å². The largest absolute Gasteiger partial charge is 0.496 e. The lowest BCUT2D eigenvalue weighted by atomic mass is 10.1. The molecule has 0 unspecified atom stereocenters. The van der Waals surface area contributed by atoms with Gasteiger partial charge in [0.25, 0.3) is 5.91 Å². The number of nitrogens with one attached hydrogen (secondary N) is 2. The maximum absolute atomic E-state index is 12.0. The van der Waals surface area contributed by atoms with Gasteiger partial charge in [0.05, 0.1) is 12.7 Å². The Hall–Kier alpha value is -1.81. The van der Waals surface area contributed by atoms with Crippen LogP contribution in [0.25, 0.3) is 0 Å². The molecule has 96 valence electrons. The summed E-state index contributed by atoms with van der Waals surface area (Å²) in [6.45, 7) is 2.48. The SMILES string of the molecule is COc1ccccc1C(=O)NCC1=CCNCC1. The van der Waals surface area contributed by atoms with Crippen LogP contribution >= 0.6 is 0 Å². The van der Waals surface area contributed by atoms with Crippen LogP contribution in [0.3, 0.4) is 0 Å². The summed E-state index contributed by atoms with van der Waals surface area (Å²) in [5, 5.41) is 6.17. The predicted octanol–water partition coefficient (Wildman–Crippen LogP) is 1.34. The van der Waals surface area contributed by atoms with Crippen LogP contribution < -0.4 is 15.4 Å². The number of rotatable bonds is 4. The summed E-state index contributed by atoms with van der Waals surface area (Å²) in [6, 6.07) is 7.25. The first kappa shape index (κ1) is 12.6. The van der Waals surface area contributed by atoms with Crippen molar-refractivity contribution in [1.29, 1.82) is 0 Å². The number of methoxy groups -OCH3 is 1. The second kappa shape index (κ2) is 6.21. The summed E-state index contributed by atoms with van der Waals surface area (Å²) in [6.07, 6.45) is 3.12. The molecule has 0 saturated carbocycles. The Morgan fingerprint density at radius 2 is 2.28 bits per heavy atom. The van der Waals surface area contributed by atoms with E-state index in [1.807, 2.05) is 12.1 Å². The van der Waals surface area contributed by atoms with Gasteiger partial charge >= 0.3 is 0 Å². The Morgan fingerprint density at radius 1 is 1.44 bits per heavy atom. The number of hydrogen-bond donors (Lipinski definition) is 2. The van der Waals surface area contributed by atoms with Gasteiger partial charge in [-0.2, -0.15) is 0 Å². The Kier molecular flexibility index (Phi) is 4.36. The van der Waals surface area contributed by atoms with Crippen LogP contribution in [0.5, 0.6) is 5.75 Å². The highest BCUT2D eigenvalue weighted by atomic mass is 16.5. The second-order valence-electron chi connectivity index (χ2n) is 4.20. The van der Waals surface area contributed by atoms with Crippen LogP contribution in [-0.4, -0.2) is 32.7 Å². The van der Waals surface area contributed by atoms with E-state index in [1.165, 1.54) is 5.57 Å². The second-order valence-corrected chi connectivity index (χ2v) is 4.20. The Bertz CT molecular complexity index is 455. The van der Waals surface area contributed by atoms with Crippen molar-refractivity contribution in [3.8, 4) is 5.75 Å². The third-order valence-corrected chi connectivity index (χ3v) is 2.99. The summed E-state index contributed by atoms with van der Waals surface area (Å²) in [7, 11) is 1.57. The lowest BCUT2D eigenvalue weighted by Gasteiger charge is -2.15. The van der Waals surface area contributed by atoms with Crippen molar-refractivity contribution in [1.82, 2.24) is 10.6 Å². The molecular formula is C14H18N2O2. The van der Waals surface area contributed by atoms with Crippen LogP contribution in [0.4, 0.5) is 0 Å². The molecule has 2 N–H and O–H groups in total. The van der Waals surface area contributed by atoms with Crippen LogP contribution in [0.15, 0.2) is 35.9 Å². The van der Waals surface area contributed by atoms with Crippen molar-refractivity contribution in [3.05, 3.63) is 41.5 Å². The lowest BCUT2D eigenvalue weighted by Crippen LogP contribution is -2.29. The summed E-state index contributed by atoms with van der Waals surface area (Å²) in [5.74, 6) is 0.515. The zero-order valence-electron chi connectivity index (χ0n) is 10.5. The van der Waals surface area contributed by atoms with Crippen LogP contribution in [-0.2, 0) is 0 Å². The normalized spacial score (nSPS) is 14.8. The molecule has 0 spiro atoms. The number of amides is 1. The van der Waals surface area contributed by atoms with Gasteiger partial charge in [0.1, 0.15) is 5.75 Å². The minimum Gasteiger partial charge on any atom is -0.496 e. The van der Waals surface area contributed by atoms with E-state index < -0.39 is 0 Å². The fraction of sp³-hybridized carbons (Fsp3) is 0.357. The van der Waals surface area contributed by atoms with Gasteiger partial charge in [-0.15, -0.1) is 0 Å². The van der Waals surface area contributed by atoms with Gasteiger partial charge in [-0.1, -0.05) is 23.8 Å². The number of hydrogen-bond acceptors (Lipinski definition) is 3. The van der Waals surface area contributed by atoms with E-state index in [0.717, 1.165) is 19.5 Å². The highest BCUT2D eigenvalue weighted by Crippen LogP contribution is 2.17. The van der Waals surface area contributed by atoms with Crippen LogP contribution in [0.2, 0.25) is 0 Å². The predicted molar refractivity (Wildman–Crippen MR) is 70.9 cm³/mol. The minimum absolute atomic E-state index is 0.0908. The molecule has 0 radical (unpaired) electrons. The average molecular weight is 246 g/mol. The number of ether oxygens (including phenoxy) is 1. The quantitative estimate of drug-likeness (QED) is 0.788. The third-order valence-electron chi connectivity index (χ3n) is 2.99. The maximum Gasteiger partial charge on any atom is 0.255 e. The van der Waals surface area contributed by atoms with Crippen molar-refractivity contribution in [2.75, 3.05) is 26.7 Å². The van der Waals surface area contributed by atoms with E-state index in [1.54, 1.807) is 19.2 Å². The third kappa shape index (κ3) is 3.11. The molecule has 1 aromatic carbocycles. The molecule has 0 aromatic heterocycles. The Balaban J connectivity index is 1.97. The van der Waals surface area contributed by atoms with E-state index in [9.17, 15) is 4.79 Å². The first-order valence-corrected chi connectivity index (χ1v) is 6.11. The molecule has 2 rings (SSSR count). The summed E-state index contributed by atoms with van der Waals surface area (Å²) >= 11 is 0. The van der Waals surface area contributed by atoms with Gasteiger partial charge in [-0.05, 0) is 25.1 Å². The first-order valence-electron chi connectivity index (χ1n) is 6.11. The zero-order chi connectivity index (χ0) is 12.8. The molecule has 1 aliphatic heterocycles. The average Bonchev–Trinajstić information content (AvgIpc) is 2.45. The van der Waals surface area contributed by atoms with Gasteiger partial charge in [-0.25, -0.2) is 0 Å². The Morgan fingerprint density at radius 3 is 3.00 bits per heavy atom. The molecule has 4 nitrogen and oxygen atoms in total. The molecule has 1 heterocycles. The topological polar surface area (TPSA) is 50.4 Å².